The van der Waals surface area contributed by atoms with Crippen LogP contribution in [0.4, 0.5) is 11.5 Å². The lowest BCUT2D eigenvalue weighted by atomic mass is 9.89. The molecule has 1 aliphatic heterocycles. The lowest BCUT2D eigenvalue weighted by molar-refractivity contribution is 0.0827. The molecule has 0 radical (unpaired) electrons. The zero-order valence-electron chi connectivity index (χ0n) is 23.0. The van der Waals surface area contributed by atoms with Crippen LogP contribution >= 0.6 is 0 Å². The number of hydrogen-bond donors (Lipinski definition) is 1. The Morgan fingerprint density at radius 2 is 1.74 bits per heavy atom. The van der Waals surface area contributed by atoms with E-state index in [1.807, 2.05) is 43.5 Å². The number of fused-ring (bicyclic) bond motifs is 1. The van der Waals surface area contributed by atoms with Gasteiger partial charge in [0.05, 0.1) is 5.69 Å². The zero-order valence-corrected chi connectivity index (χ0v) is 23.0. The summed E-state index contributed by atoms with van der Waals surface area (Å²) >= 11 is 0. The first kappa shape index (κ1) is 25.7. The molecule has 0 unspecified atom stereocenters. The number of nitrogen functional groups attached to an aromatic ring is 1. The fourth-order valence-electron chi connectivity index (χ4n) is 5.45. The highest BCUT2D eigenvalue weighted by Gasteiger charge is 2.23. The van der Waals surface area contributed by atoms with Crippen molar-refractivity contribution in [1.82, 2.24) is 24.3 Å². The van der Waals surface area contributed by atoms with E-state index in [4.69, 9.17) is 10.7 Å². The Kier molecular flexibility index (Phi) is 7.08. The quantitative estimate of drug-likeness (QED) is 0.414. The van der Waals surface area contributed by atoms with Crippen molar-refractivity contribution < 1.29 is 4.79 Å². The van der Waals surface area contributed by atoms with Crippen molar-refractivity contribution in [2.45, 2.75) is 25.3 Å². The molecule has 5 rings (SSSR count). The van der Waals surface area contributed by atoms with Gasteiger partial charge < -0.3 is 20.1 Å². The molecule has 38 heavy (non-hydrogen) atoms. The third-order valence-corrected chi connectivity index (χ3v) is 7.73. The lowest BCUT2D eigenvalue weighted by Gasteiger charge is -2.32. The number of carbonyl (C=O) groups is 1. The van der Waals surface area contributed by atoms with Gasteiger partial charge in [-0.3, -0.25) is 9.69 Å². The number of hydrogen-bond acceptors (Lipinski definition) is 6. The Balaban J connectivity index is 1.31. The molecule has 0 saturated carbocycles. The van der Waals surface area contributed by atoms with Crippen molar-refractivity contribution in [3.8, 4) is 11.1 Å². The van der Waals surface area contributed by atoms with Gasteiger partial charge in [0.25, 0.3) is 5.91 Å². The summed E-state index contributed by atoms with van der Waals surface area (Å²) in [4.78, 5) is 27.5. The van der Waals surface area contributed by atoms with Crippen molar-refractivity contribution in [2.24, 2.45) is 7.05 Å². The van der Waals surface area contributed by atoms with Crippen molar-refractivity contribution >= 4 is 28.4 Å². The maximum absolute atomic E-state index is 12.2. The zero-order chi connectivity index (χ0) is 27.0. The molecule has 8 heteroatoms. The number of nitrogens with zero attached hydrogens (tertiary/aromatic N) is 6. The average Bonchev–Trinajstić information content (AvgIpc) is 3.24. The highest BCUT2D eigenvalue weighted by atomic mass is 16.2. The second-order valence-electron chi connectivity index (χ2n) is 10.7. The Morgan fingerprint density at radius 1 is 1.03 bits per heavy atom. The van der Waals surface area contributed by atoms with Crippen molar-refractivity contribution in [3.05, 3.63) is 71.7 Å². The van der Waals surface area contributed by atoms with E-state index in [1.165, 1.54) is 11.3 Å². The number of nitrogens with two attached hydrogens (primary N) is 1. The topological polar surface area (TPSA) is 83.5 Å². The largest absolute Gasteiger partial charge is 0.382 e. The molecule has 4 aromatic rings. The van der Waals surface area contributed by atoms with E-state index >= 15 is 0 Å². The first-order valence-electron chi connectivity index (χ1n) is 13.1. The molecular weight excluding hydrogens is 474 g/mol. The molecule has 0 aliphatic carbocycles. The number of carbonyl (C=O) groups excluding carboxylic acids is 1. The number of likely N-dealkylation sites (tertiary alicyclic amines) is 1. The van der Waals surface area contributed by atoms with Crippen LogP contribution in [0, 0.1) is 0 Å². The maximum Gasteiger partial charge on any atom is 0.253 e. The van der Waals surface area contributed by atoms with Gasteiger partial charge in [-0.15, -0.1) is 0 Å². The van der Waals surface area contributed by atoms with E-state index < -0.39 is 0 Å². The summed E-state index contributed by atoms with van der Waals surface area (Å²) in [6.07, 6.45) is 5.94. The molecule has 4 heterocycles. The summed E-state index contributed by atoms with van der Waals surface area (Å²) < 4.78 is 2.21. The Morgan fingerprint density at radius 3 is 2.39 bits per heavy atom. The van der Waals surface area contributed by atoms with Gasteiger partial charge in [-0.25, -0.2) is 9.97 Å². The Labute approximate surface area is 224 Å². The number of rotatable bonds is 6. The van der Waals surface area contributed by atoms with E-state index in [2.05, 4.69) is 51.8 Å². The molecule has 8 nitrogen and oxygen atoms in total. The monoisotopic (exact) mass is 511 g/mol. The Hall–Kier alpha value is -3.91. The van der Waals surface area contributed by atoms with Crippen LogP contribution in [0.1, 0.15) is 40.4 Å². The van der Waals surface area contributed by atoms with Gasteiger partial charge in [0.1, 0.15) is 11.5 Å². The van der Waals surface area contributed by atoms with Crippen LogP contribution in [-0.2, 0) is 13.6 Å². The Bertz CT molecular complexity index is 1450. The first-order valence-corrected chi connectivity index (χ1v) is 13.1. The van der Waals surface area contributed by atoms with Gasteiger partial charge in [0.2, 0.25) is 0 Å². The number of aryl methyl sites for hydroxylation is 1. The van der Waals surface area contributed by atoms with Crippen LogP contribution in [0.15, 0.2) is 54.9 Å². The minimum Gasteiger partial charge on any atom is -0.382 e. The molecule has 1 aromatic carbocycles. The average molecular weight is 512 g/mol. The molecule has 0 spiro atoms. The minimum atomic E-state index is 0.0461. The molecule has 1 fully saturated rings. The molecular formula is C30H37N7O. The number of amides is 1. The SMILES string of the molecule is CN(C)C(=O)c1ccc(C2CCN(Cc3cc4c(-c5cnc(N)c(N(C)C)c5)ccnc4n3C)CC2)cc1. The maximum atomic E-state index is 12.2. The number of anilines is 2. The summed E-state index contributed by atoms with van der Waals surface area (Å²) in [5, 5.41) is 1.13. The molecule has 0 bridgehead atoms. The van der Waals surface area contributed by atoms with Crippen molar-refractivity contribution in [3.63, 3.8) is 0 Å². The highest BCUT2D eigenvalue weighted by molar-refractivity contribution is 5.95. The van der Waals surface area contributed by atoms with Gasteiger partial charge in [-0.05, 0) is 73.3 Å². The first-order chi connectivity index (χ1) is 18.2. The number of pyridine rings is 2. The molecule has 1 amide bonds. The third-order valence-electron chi connectivity index (χ3n) is 7.73. The highest BCUT2D eigenvalue weighted by Crippen LogP contribution is 2.34. The van der Waals surface area contributed by atoms with Crippen molar-refractivity contribution in [1.29, 1.82) is 0 Å². The summed E-state index contributed by atoms with van der Waals surface area (Å²) in [6.45, 7) is 2.97. The predicted molar refractivity (Wildman–Crippen MR) is 154 cm³/mol. The van der Waals surface area contributed by atoms with Gasteiger partial charge in [0, 0.05) is 76.4 Å². The van der Waals surface area contributed by atoms with Crippen molar-refractivity contribution in [2.75, 3.05) is 51.9 Å². The number of benzene rings is 1. The fourth-order valence-corrected chi connectivity index (χ4v) is 5.45. The summed E-state index contributed by atoms with van der Waals surface area (Å²) in [5.41, 5.74) is 13.5. The standard InChI is InChI=1S/C30H37N7O/c1-34(2)27-16-23(18-33-28(27)31)25-10-13-32-29-26(25)17-24(36(29)5)19-37-14-11-21(12-15-37)20-6-8-22(9-7-20)30(38)35(3)4/h6-10,13,16-18,21H,11-12,14-15,19H2,1-5H3,(H2,31,33). The molecule has 2 N–H and O–H groups in total. The van der Waals surface area contributed by atoms with Gasteiger partial charge in [0.15, 0.2) is 0 Å². The molecule has 3 aromatic heterocycles. The normalized spacial score (nSPS) is 14.7. The lowest BCUT2D eigenvalue weighted by Crippen LogP contribution is -2.33. The van der Waals surface area contributed by atoms with E-state index in [0.717, 1.165) is 65.9 Å². The summed E-state index contributed by atoms with van der Waals surface area (Å²) in [6, 6.07) is 14.6. The van der Waals surface area contributed by atoms with E-state index in [0.29, 0.717) is 11.7 Å². The van der Waals surface area contributed by atoms with Gasteiger partial charge >= 0.3 is 0 Å². The van der Waals surface area contributed by atoms with Crippen LogP contribution < -0.4 is 10.6 Å². The summed E-state index contributed by atoms with van der Waals surface area (Å²) in [5.74, 6) is 1.10. The van der Waals surface area contributed by atoms with Gasteiger partial charge in [-0.2, -0.15) is 0 Å². The van der Waals surface area contributed by atoms with E-state index in [9.17, 15) is 4.79 Å². The van der Waals surface area contributed by atoms with Crippen LogP contribution in [0.3, 0.4) is 0 Å². The predicted octanol–water partition coefficient (Wildman–Crippen LogP) is 4.36. The molecule has 1 saturated heterocycles. The smallest absolute Gasteiger partial charge is 0.253 e. The molecule has 0 atom stereocenters. The summed E-state index contributed by atoms with van der Waals surface area (Å²) in [7, 11) is 9.63. The van der Waals surface area contributed by atoms with E-state index in [1.54, 1.807) is 19.0 Å². The molecule has 1 aliphatic rings. The van der Waals surface area contributed by atoms with Crippen LogP contribution in [0.25, 0.3) is 22.2 Å². The molecule has 198 valence electrons. The second-order valence-corrected chi connectivity index (χ2v) is 10.7. The van der Waals surface area contributed by atoms with Crippen LogP contribution in [0.5, 0.6) is 0 Å². The van der Waals surface area contributed by atoms with Gasteiger partial charge in [-0.1, -0.05) is 12.1 Å². The van der Waals surface area contributed by atoms with E-state index in [-0.39, 0.29) is 5.91 Å². The van der Waals surface area contributed by atoms with Crippen LogP contribution in [-0.4, -0.2) is 71.5 Å². The fraction of sp³-hybridized carbons (Fsp3) is 0.367. The number of aromatic nitrogens is 3. The van der Waals surface area contributed by atoms with Crippen LogP contribution in [0.2, 0.25) is 0 Å². The third kappa shape index (κ3) is 4.96. The minimum absolute atomic E-state index is 0.0461. The second kappa shape index (κ2) is 10.5. The number of piperidine rings is 1.